The first-order valence-electron chi connectivity index (χ1n) is 16.3. The summed E-state index contributed by atoms with van der Waals surface area (Å²) in [6, 6.07) is 20.3. The van der Waals surface area contributed by atoms with E-state index in [1.807, 2.05) is 36.5 Å². The standard InChI is InChI=1S/C38H46N6O3/c1-8-9-14-33-39-22-28(24-47-34(45)21-26-19-31(37(2,3)4)35(46)32(20-26)38(5,6)7)44(33)23-25-15-17-27(18-16-25)29-12-10-11-13-30(29)36-40-42-43-41-36/h10-13,15-20,22,46H,8-9,14,21,23-24H2,1-7H3,(H,40,41,42,43). The first-order chi connectivity index (χ1) is 22.3. The number of carbonyl (C=O) groups excluding carboxylic acids is 1. The number of benzene rings is 3. The number of tetrazole rings is 1. The molecule has 0 bridgehead atoms. The molecule has 9 heteroatoms. The number of hydrogen-bond donors (Lipinski definition) is 2. The summed E-state index contributed by atoms with van der Waals surface area (Å²) in [6.07, 6.45) is 4.87. The minimum atomic E-state index is -0.317. The molecule has 0 radical (unpaired) electrons. The van der Waals surface area contributed by atoms with E-state index in [0.29, 0.717) is 18.1 Å². The summed E-state index contributed by atoms with van der Waals surface area (Å²) in [6.45, 7) is 15.3. The lowest BCUT2D eigenvalue weighted by Crippen LogP contribution is -2.19. The molecule has 9 nitrogen and oxygen atoms in total. The Kier molecular flexibility index (Phi) is 9.94. The third kappa shape index (κ3) is 7.96. The zero-order valence-corrected chi connectivity index (χ0v) is 28.6. The van der Waals surface area contributed by atoms with Crippen LogP contribution in [0.4, 0.5) is 0 Å². The number of unbranched alkanes of at least 4 members (excludes halogenated alkanes) is 1. The van der Waals surface area contributed by atoms with Gasteiger partial charge in [0.1, 0.15) is 18.2 Å². The molecule has 5 rings (SSSR count). The van der Waals surface area contributed by atoms with Crippen molar-refractivity contribution in [2.75, 3.05) is 0 Å². The Morgan fingerprint density at radius 1 is 0.915 bits per heavy atom. The first-order valence-corrected chi connectivity index (χ1v) is 16.3. The van der Waals surface area contributed by atoms with Crippen molar-refractivity contribution >= 4 is 5.97 Å². The molecule has 3 aromatic carbocycles. The van der Waals surface area contributed by atoms with Gasteiger partial charge >= 0.3 is 5.97 Å². The van der Waals surface area contributed by atoms with Gasteiger partial charge in [-0.25, -0.2) is 4.98 Å². The normalized spacial score (nSPS) is 12.0. The molecule has 0 aliphatic heterocycles. The number of ether oxygens (including phenoxy) is 1. The molecule has 0 amide bonds. The largest absolute Gasteiger partial charge is 0.507 e. The third-order valence-corrected chi connectivity index (χ3v) is 8.41. The van der Waals surface area contributed by atoms with Crippen molar-refractivity contribution in [3.63, 3.8) is 0 Å². The summed E-state index contributed by atoms with van der Waals surface area (Å²) >= 11 is 0. The van der Waals surface area contributed by atoms with Gasteiger partial charge in [0.15, 0.2) is 0 Å². The number of aromatic hydroxyl groups is 1. The highest BCUT2D eigenvalue weighted by molar-refractivity contribution is 5.80. The molecule has 5 aromatic rings. The van der Waals surface area contributed by atoms with E-state index >= 15 is 0 Å². The van der Waals surface area contributed by atoms with Crippen LogP contribution < -0.4 is 0 Å². The third-order valence-electron chi connectivity index (χ3n) is 8.41. The van der Waals surface area contributed by atoms with Gasteiger partial charge in [-0.3, -0.25) is 4.79 Å². The molecule has 0 atom stereocenters. The summed E-state index contributed by atoms with van der Waals surface area (Å²) in [5, 5.41) is 25.7. The summed E-state index contributed by atoms with van der Waals surface area (Å²) in [5.41, 5.74) is 6.90. The number of esters is 1. The molecule has 2 aromatic heterocycles. The maximum Gasteiger partial charge on any atom is 0.310 e. The molecule has 246 valence electrons. The predicted molar refractivity (Wildman–Crippen MR) is 184 cm³/mol. The number of phenolic OH excluding ortho intramolecular Hbond substituents is 1. The molecular formula is C38H46N6O3. The zero-order valence-electron chi connectivity index (χ0n) is 28.6. The van der Waals surface area contributed by atoms with E-state index in [-0.39, 0.29) is 29.8 Å². The van der Waals surface area contributed by atoms with Crippen molar-refractivity contribution < 1.29 is 14.6 Å². The van der Waals surface area contributed by atoms with Crippen molar-refractivity contribution in [3.8, 4) is 28.3 Å². The number of hydrogen-bond acceptors (Lipinski definition) is 7. The number of carbonyl (C=O) groups is 1. The van der Waals surface area contributed by atoms with Crippen LogP contribution in [0.5, 0.6) is 5.75 Å². The Morgan fingerprint density at radius 3 is 2.17 bits per heavy atom. The van der Waals surface area contributed by atoms with E-state index in [0.717, 1.165) is 69.7 Å². The van der Waals surface area contributed by atoms with E-state index in [2.05, 4.69) is 104 Å². The number of H-pyrrole nitrogens is 1. The minimum absolute atomic E-state index is 0.121. The Balaban J connectivity index is 1.33. The lowest BCUT2D eigenvalue weighted by molar-refractivity contribution is -0.144. The van der Waals surface area contributed by atoms with E-state index < -0.39 is 0 Å². The Hall–Kier alpha value is -4.79. The van der Waals surface area contributed by atoms with Gasteiger partial charge in [0.25, 0.3) is 0 Å². The number of rotatable bonds is 11. The number of aryl methyl sites for hydroxylation is 1. The number of aromatic nitrogens is 6. The second-order valence-electron chi connectivity index (χ2n) is 14.2. The number of imidazole rings is 1. The van der Waals surface area contributed by atoms with Crippen molar-refractivity contribution in [1.29, 1.82) is 0 Å². The van der Waals surface area contributed by atoms with Crippen LogP contribution in [0.25, 0.3) is 22.5 Å². The summed E-state index contributed by atoms with van der Waals surface area (Å²) in [5.74, 6) is 1.52. The van der Waals surface area contributed by atoms with Crippen LogP contribution in [0, 0.1) is 0 Å². The highest BCUT2D eigenvalue weighted by Crippen LogP contribution is 2.40. The zero-order chi connectivity index (χ0) is 33.8. The van der Waals surface area contributed by atoms with E-state index in [1.165, 1.54) is 0 Å². The fourth-order valence-electron chi connectivity index (χ4n) is 5.79. The highest BCUT2D eigenvalue weighted by atomic mass is 16.5. The molecule has 0 saturated carbocycles. The molecule has 0 spiro atoms. The molecule has 0 unspecified atom stereocenters. The molecule has 0 saturated heterocycles. The van der Waals surface area contributed by atoms with Gasteiger partial charge in [-0.1, -0.05) is 116 Å². The second-order valence-corrected chi connectivity index (χ2v) is 14.2. The monoisotopic (exact) mass is 634 g/mol. The topological polar surface area (TPSA) is 119 Å². The molecule has 2 heterocycles. The Bertz CT molecular complexity index is 1770. The van der Waals surface area contributed by atoms with Gasteiger partial charge in [-0.2, -0.15) is 5.21 Å². The first kappa shape index (κ1) is 33.6. The average Bonchev–Trinajstić information content (AvgIpc) is 3.70. The van der Waals surface area contributed by atoms with Gasteiger partial charge < -0.3 is 14.4 Å². The van der Waals surface area contributed by atoms with Crippen LogP contribution in [0.15, 0.2) is 66.9 Å². The fraction of sp³-hybridized carbons (Fsp3) is 0.395. The lowest BCUT2D eigenvalue weighted by Gasteiger charge is -2.28. The SMILES string of the molecule is CCCCc1ncc(COC(=O)Cc2cc(C(C)(C)C)c(O)c(C(C)(C)C)c2)n1Cc1ccc(-c2ccccc2-c2nn[nH]n2)cc1. The Labute approximate surface area is 277 Å². The predicted octanol–water partition coefficient (Wildman–Crippen LogP) is 7.71. The van der Waals surface area contributed by atoms with Crippen LogP contribution in [-0.2, 0) is 46.4 Å². The molecule has 47 heavy (non-hydrogen) atoms. The molecule has 0 fully saturated rings. The quantitative estimate of drug-likeness (QED) is 0.143. The van der Waals surface area contributed by atoms with Crippen molar-refractivity contribution in [1.82, 2.24) is 30.2 Å². The number of nitrogens with zero attached hydrogens (tertiary/aromatic N) is 5. The summed E-state index contributed by atoms with van der Waals surface area (Å²) in [4.78, 5) is 17.9. The van der Waals surface area contributed by atoms with Gasteiger partial charge in [-0.05, 0) is 55.8 Å². The molecule has 2 N–H and O–H groups in total. The van der Waals surface area contributed by atoms with Gasteiger partial charge in [-0.15, -0.1) is 10.2 Å². The Morgan fingerprint density at radius 2 is 1.57 bits per heavy atom. The smallest absolute Gasteiger partial charge is 0.310 e. The summed E-state index contributed by atoms with van der Waals surface area (Å²) < 4.78 is 8.02. The highest BCUT2D eigenvalue weighted by Gasteiger charge is 2.27. The number of nitrogens with one attached hydrogen (secondary N) is 1. The van der Waals surface area contributed by atoms with Crippen LogP contribution in [0.2, 0.25) is 0 Å². The van der Waals surface area contributed by atoms with Crippen molar-refractivity contribution in [2.45, 2.75) is 98.1 Å². The maximum atomic E-state index is 13.2. The van der Waals surface area contributed by atoms with Gasteiger partial charge in [0.05, 0.1) is 18.3 Å². The molecule has 0 aliphatic carbocycles. The van der Waals surface area contributed by atoms with Gasteiger partial charge in [0.2, 0.25) is 5.82 Å². The van der Waals surface area contributed by atoms with Crippen molar-refractivity contribution in [3.05, 3.63) is 101 Å². The summed E-state index contributed by atoms with van der Waals surface area (Å²) in [7, 11) is 0. The van der Waals surface area contributed by atoms with Crippen LogP contribution >= 0.6 is 0 Å². The van der Waals surface area contributed by atoms with Crippen LogP contribution in [0.3, 0.4) is 0 Å². The van der Waals surface area contributed by atoms with Gasteiger partial charge in [0, 0.05) is 18.5 Å². The second kappa shape index (κ2) is 13.9. The van der Waals surface area contributed by atoms with Crippen LogP contribution in [0.1, 0.15) is 95.1 Å². The number of phenols is 1. The van der Waals surface area contributed by atoms with E-state index in [4.69, 9.17) is 9.72 Å². The molecule has 0 aliphatic rings. The van der Waals surface area contributed by atoms with E-state index in [9.17, 15) is 9.90 Å². The molecular weight excluding hydrogens is 588 g/mol. The van der Waals surface area contributed by atoms with E-state index in [1.54, 1.807) is 0 Å². The minimum Gasteiger partial charge on any atom is -0.507 e. The maximum absolute atomic E-state index is 13.2. The fourth-order valence-corrected chi connectivity index (χ4v) is 5.79. The van der Waals surface area contributed by atoms with Crippen LogP contribution in [-0.4, -0.2) is 41.3 Å². The van der Waals surface area contributed by atoms with Crippen molar-refractivity contribution in [2.24, 2.45) is 0 Å². The number of aromatic amines is 1. The lowest BCUT2D eigenvalue weighted by atomic mass is 9.78. The average molecular weight is 635 g/mol.